The van der Waals surface area contributed by atoms with E-state index in [9.17, 15) is 4.79 Å². The van der Waals surface area contributed by atoms with Crippen LogP contribution in [0.25, 0.3) is 0 Å². The maximum Gasteiger partial charge on any atom is 0.308 e. The third-order valence-electron chi connectivity index (χ3n) is 1.95. The lowest BCUT2D eigenvalue weighted by atomic mass is 10.1. The highest BCUT2D eigenvalue weighted by molar-refractivity contribution is 5.71. The lowest BCUT2D eigenvalue weighted by Crippen LogP contribution is -2.17. The van der Waals surface area contributed by atoms with Crippen LogP contribution in [0.3, 0.4) is 0 Å². The molecule has 0 aliphatic carbocycles. The number of carbonyl (C=O) groups is 1. The van der Waals surface area contributed by atoms with Crippen LogP contribution >= 0.6 is 0 Å². The molecule has 2 heteroatoms. The molecule has 0 fully saturated rings. The first-order chi connectivity index (χ1) is 6.07. The zero-order valence-corrected chi connectivity index (χ0v) is 9.30. The summed E-state index contributed by atoms with van der Waals surface area (Å²) < 4.78 is 5.12. The minimum atomic E-state index is -0.0397. The average Bonchev–Trinajstić information content (AvgIpc) is 2.10. The van der Waals surface area contributed by atoms with Gasteiger partial charge in [0.2, 0.25) is 0 Å². The van der Waals surface area contributed by atoms with E-state index in [1.807, 2.05) is 20.8 Å². The van der Waals surface area contributed by atoms with Crippen molar-refractivity contribution in [3.8, 4) is 0 Å². The Morgan fingerprint density at radius 1 is 1.31 bits per heavy atom. The van der Waals surface area contributed by atoms with E-state index in [0.717, 1.165) is 19.3 Å². The van der Waals surface area contributed by atoms with E-state index in [-0.39, 0.29) is 11.9 Å². The number of carbonyl (C=O) groups excluding carboxylic acids is 1. The van der Waals surface area contributed by atoms with Crippen molar-refractivity contribution in [2.24, 2.45) is 11.8 Å². The van der Waals surface area contributed by atoms with Crippen LogP contribution in [0.1, 0.15) is 47.0 Å². The highest BCUT2D eigenvalue weighted by Crippen LogP contribution is 2.10. The van der Waals surface area contributed by atoms with Crippen LogP contribution in [-0.4, -0.2) is 12.6 Å². The van der Waals surface area contributed by atoms with E-state index >= 15 is 0 Å². The van der Waals surface area contributed by atoms with Gasteiger partial charge in [0.15, 0.2) is 0 Å². The first kappa shape index (κ1) is 12.5. The number of esters is 1. The molecule has 0 saturated carbocycles. The molecule has 0 spiro atoms. The maximum absolute atomic E-state index is 11.3. The topological polar surface area (TPSA) is 26.3 Å². The van der Waals surface area contributed by atoms with E-state index in [1.54, 1.807) is 0 Å². The zero-order valence-electron chi connectivity index (χ0n) is 9.30. The first-order valence-corrected chi connectivity index (χ1v) is 5.24. The molecule has 0 aliphatic rings. The maximum atomic E-state index is 11.3. The number of unbranched alkanes of at least 4 members (excludes halogenated alkanes) is 1. The van der Waals surface area contributed by atoms with Crippen LogP contribution in [-0.2, 0) is 9.53 Å². The lowest BCUT2D eigenvalue weighted by Gasteiger charge is -2.12. The molecular weight excluding hydrogens is 164 g/mol. The normalized spacial score (nSPS) is 13.0. The molecule has 1 unspecified atom stereocenters. The Balaban J connectivity index is 3.57. The monoisotopic (exact) mass is 186 g/mol. The Labute approximate surface area is 81.7 Å². The Bertz CT molecular complexity index is 141. The summed E-state index contributed by atoms with van der Waals surface area (Å²) in [4.78, 5) is 11.3. The van der Waals surface area contributed by atoms with Crippen molar-refractivity contribution in [1.29, 1.82) is 0 Å². The van der Waals surface area contributed by atoms with Gasteiger partial charge in [-0.1, -0.05) is 40.5 Å². The van der Waals surface area contributed by atoms with Gasteiger partial charge in [0, 0.05) is 0 Å². The second-order valence-electron chi connectivity index (χ2n) is 4.07. The molecule has 0 aliphatic heterocycles. The van der Waals surface area contributed by atoms with E-state index in [1.165, 1.54) is 0 Å². The second-order valence-corrected chi connectivity index (χ2v) is 4.07. The Morgan fingerprint density at radius 3 is 2.38 bits per heavy atom. The molecular formula is C11H22O2. The Morgan fingerprint density at radius 2 is 1.92 bits per heavy atom. The van der Waals surface area contributed by atoms with Crippen molar-refractivity contribution in [1.82, 2.24) is 0 Å². The molecule has 0 rings (SSSR count). The number of hydrogen-bond acceptors (Lipinski definition) is 2. The molecule has 0 amide bonds. The number of hydrogen-bond donors (Lipinski definition) is 0. The van der Waals surface area contributed by atoms with Crippen molar-refractivity contribution >= 4 is 5.97 Å². The second kappa shape index (κ2) is 6.93. The molecule has 13 heavy (non-hydrogen) atoms. The van der Waals surface area contributed by atoms with E-state index in [4.69, 9.17) is 4.74 Å². The fraction of sp³-hybridized carbons (Fsp3) is 0.909. The number of ether oxygens (including phenoxy) is 1. The van der Waals surface area contributed by atoms with Gasteiger partial charge in [-0.2, -0.15) is 0 Å². The van der Waals surface area contributed by atoms with Gasteiger partial charge in [-0.15, -0.1) is 0 Å². The highest BCUT2D eigenvalue weighted by atomic mass is 16.5. The van der Waals surface area contributed by atoms with Crippen LogP contribution in [0.5, 0.6) is 0 Å². The summed E-state index contributed by atoms with van der Waals surface area (Å²) in [5.74, 6) is 0.461. The minimum Gasteiger partial charge on any atom is -0.465 e. The van der Waals surface area contributed by atoms with Gasteiger partial charge in [-0.25, -0.2) is 0 Å². The van der Waals surface area contributed by atoms with Gasteiger partial charge in [-0.05, 0) is 12.3 Å². The molecule has 78 valence electrons. The predicted octanol–water partition coefficient (Wildman–Crippen LogP) is 3.01. The smallest absolute Gasteiger partial charge is 0.308 e. The van der Waals surface area contributed by atoms with E-state index in [0.29, 0.717) is 12.5 Å². The summed E-state index contributed by atoms with van der Waals surface area (Å²) in [7, 11) is 0. The Hall–Kier alpha value is -0.530. The fourth-order valence-corrected chi connectivity index (χ4v) is 1.02. The quantitative estimate of drug-likeness (QED) is 0.596. The standard InChI is InChI=1S/C11H22O2/c1-5-6-7-10(4)11(12)13-8-9(2)3/h9-10H,5-8H2,1-4H3. The Kier molecular flexibility index (Phi) is 6.65. The molecule has 0 radical (unpaired) electrons. The zero-order chi connectivity index (χ0) is 10.3. The summed E-state index contributed by atoms with van der Waals surface area (Å²) in [5.41, 5.74) is 0. The van der Waals surface area contributed by atoms with Crippen LogP contribution < -0.4 is 0 Å². The summed E-state index contributed by atoms with van der Waals surface area (Å²) in [6, 6.07) is 0. The van der Waals surface area contributed by atoms with Gasteiger partial charge in [0.1, 0.15) is 0 Å². The van der Waals surface area contributed by atoms with Crippen molar-refractivity contribution in [2.75, 3.05) is 6.61 Å². The van der Waals surface area contributed by atoms with Gasteiger partial charge in [0.05, 0.1) is 12.5 Å². The third kappa shape index (κ3) is 6.62. The summed E-state index contributed by atoms with van der Waals surface area (Å²) in [6.45, 7) is 8.72. The molecule has 0 aromatic heterocycles. The molecule has 0 aromatic rings. The minimum absolute atomic E-state index is 0.0397. The fourth-order valence-electron chi connectivity index (χ4n) is 1.02. The summed E-state index contributed by atoms with van der Waals surface area (Å²) in [6.07, 6.45) is 3.20. The summed E-state index contributed by atoms with van der Waals surface area (Å²) >= 11 is 0. The predicted molar refractivity (Wildman–Crippen MR) is 54.5 cm³/mol. The molecule has 0 saturated heterocycles. The molecule has 0 bridgehead atoms. The lowest BCUT2D eigenvalue weighted by molar-refractivity contribution is -0.149. The van der Waals surface area contributed by atoms with Crippen LogP contribution in [0, 0.1) is 11.8 Å². The molecule has 1 atom stereocenters. The average molecular weight is 186 g/mol. The molecule has 0 N–H and O–H groups in total. The molecule has 0 heterocycles. The van der Waals surface area contributed by atoms with Gasteiger partial charge >= 0.3 is 5.97 Å². The van der Waals surface area contributed by atoms with Crippen molar-refractivity contribution in [3.63, 3.8) is 0 Å². The van der Waals surface area contributed by atoms with Crippen LogP contribution in [0.2, 0.25) is 0 Å². The largest absolute Gasteiger partial charge is 0.465 e. The highest BCUT2D eigenvalue weighted by Gasteiger charge is 2.13. The van der Waals surface area contributed by atoms with E-state index < -0.39 is 0 Å². The molecule has 0 aromatic carbocycles. The first-order valence-electron chi connectivity index (χ1n) is 5.24. The van der Waals surface area contributed by atoms with Gasteiger partial charge < -0.3 is 4.74 Å². The van der Waals surface area contributed by atoms with E-state index in [2.05, 4.69) is 6.92 Å². The van der Waals surface area contributed by atoms with Gasteiger partial charge in [0.25, 0.3) is 0 Å². The van der Waals surface area contributed by atoms with Crippen LogP contribution in [0.4, 0.5) is 0 Å². The van der Waals surface area contributed by atoms with Crippen LogP contribution in [0.15, 0.2) is 0 Å². The SMILES string of the molecule is CCCCC(C)C(=O)OCC(C)C. The third-order valence-corrected chi connectivity index (χ3v) is 1.95. The van der Waals surface area contributed by atoms with Crippen molar-refractivity contribution in [3.05, 3.63) is 0 Å². The van der Waals surface area contributed by atoms with Crippen molar-refractivity contribution < 1.29 is 9.53 Å². The van der Waals surface area contributed by atoms with Gasteiger partial charge in [-0.3, -0.25) is 4.79 Å². The van der Waals surface area contributed by atoms with Crippen molar-refractivity contribution in [2.45, 2.75) is 47.0 Å². The molecule has 2 nitrogen and oxygen atoms in total. The number of rotatable bonds is 6. The summed E-state index contributed by atoms with van der Waals surface area (Å²) in [5, 5.41) is 0.